The van der Waals surface area contributed by atoms with Crippen LogP contribution < -0.4 is 0 Å². The fraction of sp³-hybridized carbons (Fsp3) is 0.855. The minimum atomic E-state index is -0.768. The van der Waals surface area contributed by atoms with E-state index in [2.05, 4.69) is 69.4 Å². The monoisotopic (exact) mass is 1150 g/mol. The van der Waals surface area contributed by atoms with Crippen LogP contribution in [0.4, 0.5) is 0 Å². The van der Waals surface area contributed by atoms with Crippen LogP contribution >= 0.6 is 0 Å². The van der Waals surface area contributed by atoms with Crippen LogP contribution in [0, 0.1) is 0 Å². The smallest absolute Gasteiger partial charge is 0.306 e. The molecule has 0 radical (unpaired) electrons. The quantitative estimate of drug-likeness (QED) is 0.0261. The first kappa shape index (κ1) is 79.4. The highest BCUT2D eigenvalue weighted by atomic mass is 16.6. The molecule has 1 atom stereocenters. The summed E-state index contributed by atoms with van der Waals surface area (Å²) in [6.07, 6.45) is 90.2. The van der Waals surface area contributed by atoms with Crippen LogP contribution in [0.25, 0.3) is 0 Å². The average molecular weight is 1150 g/mol. The van der Waals surface area contributed by atoms with Gasteiger partial charge in [-0.05, 0) is 57.8 Å². The molecular formula is C76H140O6. The topological polar surface area (TPSA) is 78.9 Å². The molecule has 6 heteroatoms. The fourth-order valence-electron chi connectivity index (χ4n) is 11.1. The van der Waals surface area contributed by atoms with Crippen LogP contribution in [0.5, 0.6) is 0 Å². The number of carbonyl (C=O) groups is 3. The van der Waals surface area contributed by atoms with Gasteiger partial charge in [-0.2, -0.15) is 0 Å². The zero-order valence-electron chi connectivity index (χ0n) is 55.3. The Hall–Kier alpha value is -2.63. The Morgan fingerprint density at radius 1 is 0.256 bits per heavy atom. The number of rotatable bonds is 68. The summed E-state index contributed by atoms with van der Waals surface area (Å²) in [6.45, 7) is 6.60. The average Bonchev–Trinajstić information content (AvgIpc) is 3.47. The molecule has 0 aliphatic carbocycles. The molecule has 0 heterocycles. The first-order chi connectivity index (χ1) is 40.5. The summed E-state index contributed by atoms with van der Waals surface area (Å²) in [5.41, 5.74) is 0. The van der Waals surface area contributed by atoms with Gasteiger partial charge in [-0.1, -0.05) is 371 Å². The highest BCUT2D eigenvalue weighted by Gasteiger charge is 2.19. The van der Waals surface area contributed by atoms with Gasteiger partial charge in [0.25, 0.3) is 0 Å². The van der Waals surface area contributed by atoms with E-state index in [0.29, 0.717) is 19.3 Å². The van der Waals surface area contributed by atoms with Crippen molar-refractivity contribution < 1.29 is 28.6 Å². The number of unbranched alkanes of at least 4 members (excludes halogenated alkanes) is 49. The second kappa shape index (κ2) is 70.9. The largest absolute Gasteiger partial charge is 0.462 e. The molecule has 0 fully saturated rings. The molecule has 0 spiro atoms. The minimum absolute atomic E-state index is 0.0649. The Labute approximate surface area is 511 Å². The van der Waals surface area contributed by atoms with E-state index in [1.165, 1.54) is 276 Å². The predicted octanol–water partition coefficient (Wildman–Crippen LogP) is 25.3. The van der Waals surface area contributed by atoms with Crippen molar-refractivity contribution in [2.45, 2.75) is 406 Å². The summed E-state index contributed by atoms with van der Waals surface area (Å²) >= 11 is 0. The van der Waals surface area contributed by atoms with Crippen LogP contribution in [0.15, 0.2) is 48.6 Å². The number of hydrogen-bond acceptors (Lipinski definition) is 6. The highest BCUT2D eigenvalue weighted by molar-refractivity contribution is 5.71. The van der Waals surface area contributed by atoms with E-state index in [-0.39, 0.29) is 31.1 Å². The second-order valence-corrected chi connectivity index (χ2v) is 24.8. The van der Waals surface area contributed by atoms with Gasteiger partial charge in [-0.15, -0.1) is 0 Å². The third kappa shape index (κ3) is 68.2. The molecule has 1 unspecified atom stereocenters. The van der Waals surface area contributed by atoms with Crippen molar-refractivity contribution in [2.24, 2.45) is 0 Å². The van der Waals surface area contributed by atoms with Gasteiger partial charge in [0.05, 0.1) is 0 Å². The van der Waals surface area contributed by atoms with Crippen molar-refractivity contribution in [2.75, 3.05) is 13.2 Å². The van der Waals surface area contributed by atoms with E-state index < -0.39 is 6.10 Å². The molecule has 0 bridgehead atoms. The number of hydrogen-bond donors (Lipinski definition) is 0. The molecule has 0 aromatic heterocycles. The van der Waals surface area contributed by atoms with E-state index in [9.17, 15) is 14.4 Å². The lowest BCUT2D eigenvalue weighted by Crippen LogP contribution is -2.30. The molecule has 0 saturated heterocycles. The number of ether oxygens (including phenoxy) is 3. The molecule has 82 heavy (non-hydrogen) atoms. The molecule has 0 amide bonds. The molecular weight excluding hydrogens is 1010 g/mol. The summed E-state index contributed by atoms with van der Waals surface area (Å²) < 4.78 is 17.0. The standard InChI is InChI=1S/C76H140O6/c1-4-7-10-13-16-19-22-24-26-28-30-32-34-35-36-37-38-39-40-41-42-44-45-47-49-51-54-57-60-63-66-69-75(78)81-72-73(71-80-74(77)68-65-62-59-56-53-21-18-15-12-9-6-3)82-76(79)70-67-64-61-58-55-52-50-48-46-43-33-31-29-27-25-23-20-17-14-11-8-5-2/h7,10,16,19,24,26,30,32,73H,4-6,8-9,11-15,17-18,20-23,25,27-29,31,33-72H2,1-3H3/b10-7-,19-16-,26-24-,32-30-. The predicted molar refractivity (Wildman–Crippen MR) is 358 cm³/mol. The van der Waals surface area contributed by atoms with Gasteiger partial charge in [-0.25, -0.2) is 0 Å². The van der Waals surface area contributed by atoms with Crippen molar-refractivity contribution in [3.8, 4) is 0 Å². The Morgan fingerprint density at radius 2 is 0.476 bits per heavy atom. The van der Waals surface area contributed by atoms with E-state index in [0.717, 1.165) is 83.5 Å². The molecule has 0 aliphatic rings. The molecule has 0 saturated carbocycles. The van der Waals surface area contributed by atoms with Crippen molar-refractivity contribution in [1.82, 2.24) is 0 Å². The van der Waals surface area contributed by atoms with E-state index in [4.69, 9.17) is 14.2 Å². The summed E-state index contributed by atoms with van der Waals surface area (Å²) in [7, 11) is 0. The molecule has 6 nitrogen and oxygen atoms in total. The molecule has 0 N–H and O–H groups in total. The Balaban J connectivity index is 4.12. The van der Waals surface area contributed by atoms with Crippen LogP contribution in [-0.2, 0) is 28.6 Å². The van der Waals surface area contributed by atoms with Gasteiger partial charge in [-0.3, -0.25) is 14.4 Å². The molecule has 480 valence electrons. The highest BCUT2D eigenvalue weighted by Crippen LogP contribution is 2.19. The summed E-state index contributed by atoms with van der Waals surface area (Å²) in [5, 5.41) is 0. The number of esters is 3. The first-order valence-electron chi connectivity index (χ1n) is 36.6. The fourth-order valence-corrected chi connectivity index (χ4v) is 11.1. The van der Waals surface area contributed by atoms with Gasteiger partial charge in [0.2, 0.25) is 0 Å². The first-order valence-corrected chi connectivity index (χ1v) is 36.6. The van der Waals surface area contributed by atoms with E-state index >= 15 is 0 Å². The van der Waals surface area contributed by atoms with Gasteiger partial charge in [0.15, 0.2) is 6.10 Å². The molecule has 0 aliphatic heterocycles. The SMILES string of the molecule is CC/C=C\C/C=C\C/C=C\C/C=C\CCCCCCCCCCCCCCCCCCCCC(=O)OCC(COC(=O)CCCCCCCCCCCCC)OC(=O)CCCCCCCCCCCCCCCCCCCCCCCC. The van der Waals surface area contributed by atoms with Crippen LogP contribution in [-0.4, -0.2) is 37.2 Å². The Kier molecular flexibility index (Phi) is 68.6. The second-order valence-electron chi connectivity index (χ2n) is 24.8. The minimum Gasteiger partial charge on any atom is -0.462 e. The van der Waals surface area contributed by atoms with Gasteiger partial charge >= 0.3 is 17.9 Å². The zero-order valence-corrected chi connectivity index (χ0v) is 55.3. The zero-order chi connectivity index (χ0) is 59.2. The third-order valence-corrected chi connectivity index (χ3v) is 16.6. The maximum Gasteiger partial charge on any atom is 0.306 e. The number of allylic oxidation sites excluding steroid dienone is 8. The molecule has 0 aromatic rings. The Bertz CT molecular complexity index is 1410. The van der Waals surface area contributed by atoms with Crippen LogP contribution in [0.3, 0.4) is 0 Å². The number of carbonyl (C=O) groups excluding carboxylic acids is 3. The van der Waals surface area contributed by atoms with Crippen LogP contribution in [0.1, 0.15) is 400 Å². The van der Waals surface area contributed by atoms with Crippen LogP contribution in [0.2, 0.25) is 0 Å². The van der Waals surface area contributed by atoms with E-state index in [1.807, 2.05) is 0 Å². The van der Waals surface area contributed by atoms with Crippen molar-refractivity contribution in [3.63, 3.8) is 0 Å². The van der Waals surface area contributed by atoms with Crippen molar-refractivity contribution in [1.29, 1.82) is 0 Å². The van der Waals surface area contributed by atoms with Gasteiger partial charge < -0.3 is 14.2 Å². The summed E-state index contributed by atoms with van der Waals surface area (Å²) in [5.74, 6) is -0.834. The van der Waals surface area contributed by atoms with Crippen molar-refractivity contribution in [3.05, 3.63) is 48.6 Å². The maximum absolute atomic E-state index is 12.9. The Morgan fingerprint density at radius 3 is 0.744 bits per heavy atom. The lowest BCUT2D eigenvalue weighted by atomic mass is 10.0. The van der Waals surface area contributed by atoms with Gasteiger partial charge in [0, 0.05) is 19.3 Å². The maximum atomic E-state index is 12.9. The van der Waals surface area contributed by atoms with E-state index in [1.54, 1.807) is 0 Å². The lowest BCUT2D eigenvalue weighted by Gasteiger charge is -2.18. The molecule has 0 rings (SSSR count). The third-order valence-electron chi connectivity index (χ3n) is 16.6. The van der Waals surface area contributed by atoms with Gasteiger partial charge in [0.1, 0.15) is 13.2 Å². The normalized spacial score (nSPS) is 12.3. The summed E-state index contributed by atoms with van der Waals surface area (Å²) in [4.78, 5) is 38.4. The molecule has 0 aromatic carbocycles. The lowest BCUT2D eigenvalue weighted by molar-refractivity contribution is -0.167. The van der Waals surface area contributed by atoms with Crippen molar-refractivity contribution >= 4 is 17.9 Å². The summed E-state index contributed by atoms with van der Waals surface area (Å²) in [6, 6.07) is 0.